The lowest BCUT2D eigenvalue weighted by atomic mass is 9.57. The minimum atomic E-state index is -1.89. The van der Waals surface area contributed by atoms with E-state index in [2.05, 4.69) is 27.7 Å². The summed E-state index contributed by atoms with van der Waals surface area (Å²) < 4.78 is -8.34. The van der Waals surface area contributed by atoms with Crippen LogP contribution in [-0.2, 0) is 38.4 Å². The molecule has 8 fully saturated rings. The molecular formula is C60H36Cl30O8. The number of halogens is 30. The van der Waals surface area contributed by atoms with Crippen LogP contribution in [0.1, 0.15) is 34.1 Å². The summed E-state index contributed by atoms with van der Waals surface area (Å²) in [6.07, 6.45) is 15.9. The van der Waals surface area contributed by atoms with Crippen molar-refractivity contribution in [2.24, 2.45) is 64.6 Å². The number of rotatable bonds is 0. The summed E-state index contributed by atoms with van der Waals surface area (Å²) in [4.78, 5) is 79.4. The smallest absolute Gasteiger partial charge is 0.191 e. The van der Waals surface area contributed by atoms with E-state index in [-0.39, 0.29) is 75.2 Å². The Hall–Kier alpha value is 3.46. The molecule has 0 radical (unpaired) electrons. The van der Waals surface area contributed by atoms with E-state index < -0.39 is 146 Å². The highest BCUT2D eigenvalue weighted by molar-refractivity contribution is 6.71. The Morgan fingerprint density at radius 2 is 0.673 bits per heavy atom. The molecule has 0 aromatic heterocycles. The minimum Gasteiger partial charge on any atom is -0.299 e. The Bertz CT molecular complexity index is 3860. The summed E-state index contributed by atoms with van der Waals surface area (Å²) in [5.74, 6) is -9.44. The lowest BCUT2D eigenvalue weighted by molar-refractivity contribution is -0.143. The quantitative estimate of drug-likeness (QED) is 0.133. The van der Waals surface area contributed by atoms with Gasteiger partial charge < -0.3 is 0 Å². The fourth-order valence-electron chi connectivity index (χ4n) is 16.1. The number of alkyl halides is 21. The highest BCUT2D eigenvalue weighted by Gasteiger charge is 3.11. The first-order valence-electron chi connectivity index (χ1n) is 28.0. The third kappa shape index (κ3) is 9.94. The summed E-state index contributed by atoms with van der Waals surface area (Å²) in [7, 11) is 0. The third-order valence-corrected chi connectivity index (χ3v) is 41.0. The molecule has 16 aliphatic carbocycles. The van der Waals surface area contributed by atoms with E-state index in [0.29, 0.717) is 10.4 Å². The van der Waals surface area contributed by atoms with Crippen molar-refractivity contribution in [1.29, 1.82) is 0 Å². The number of allylic oxidation sites excluding steroid dienone is 20. The predicted octanol–water partition coefficient (Wildman–Crippen LogP) is 22.2. The van der Waals surface area contributed by atoms with Gasteiger partial charge in [-0.25, -0.2) is 0 Å². The van der Waals surface area contributed by atoms with Crippen molar-refractivity contribution in [3.8, 4) is 0 Å². The second-order valence-electron chi connectivity index (χ2n) is 26.7. The second kappa shape index (κ2) is 26.0. The van der Waals surface area contributed by atoms with Crippen LogP contribution in [0.15, 0.2) is 112 Å². The van der Waals surface area contributed by atoms with E-state index in [1.807, 2.05) is 18.2 Å². The molecule has 0 aromatic rings. The van der Waals surface area contributed by atoms with E-state index in [4.69, 9.17) is 348 Å². The van der Waals surface area contributed by atoms with Gasteiger partial charge in [0.15, 0.2) is 56.4 Å². The first-order valence-corrected chi connectivity index (χ1v) is 39.4. The monoisotopic (exact) mass is 1930 g/mol. The number of carbonyl (C=O) groups excluding carboxylic acids is 8. The van der Waals surface area contributed by atoms with E-state index in [1.54, 1.807) is 0 Å². The Morgan fingerprint density at radius 3 is 1.00 bits per heavy atom. The maximum absolute atomic E-state index is 12.5. The number of fused-ring (bicyclic) bond motifs is 13. The molecule has 0 N–H and O–H groups in total. The minimum absolute atomic E-state index is 0.0100. The Balaban J connectivity index is 0.000000128. The number of Topliss-reactive ketones (excluding diaryl/α,β-unsaturated/α-hetero) is 2. The highest BCUT2D eigenvalue weighted by Crippen LogP contribution is 2.97. The summed E-state index contributed by atoms with van der Waals surface area (Å²) in [6, 6.07) is 0. The molecule has 8 saturated carbocycles. The normalized spacial score (nSPS) is 46.6. The van der Waals surface area contributed by atoms with Crippen molar-refractivity contribution in [3.05, 3.63) is 112 Å². The molecule has 16 rings (SSSR count). The fraction of sp³-hybridized carbons (Fsp3) is 0.533. The van der Waals surface area contributed by atoms with E-state index >= 15 is 0 Å². The zero-order valence-corrected chi connectivity index (χ0v) is 71.2. The number of carbonyl (C=O) groups is 8. The average Bonchev–Trinajstić information content (AvgIpc) is 1.38. The molecular weight excluding hydrogens is 1910 g/mol. The highest BCUT2D eigenvalue weighted by atomic mass is 35.6. The van der Waals surface area contributed by atoms with Gasteiger partial charge >= 0.3 is 0 Å². The summed E-state index contributed by atoms with van der Waals surface area (Å²) in [6.45, 7) is 8.75. The van der Waals surface area contributed by atoms with Gasteiger partial charge in [0.1, 0.15) is 50.6 Å². The first kappa shape index (κ1) is 83.9. The molecule has 8 nitrogen and oxygen atoms in total. The maximum Gasteiger partial charge on any atom is 0.191 e. The zero-order valence-electron chi connectivity index (χ0n) is 48.5. The molecule has 0 aromatic carbocycles. The third-order valence-electron chi connectivity index (χ3n) is 20.1. The van der Waals surface area contributed by atoms with Gasteiger partial charge in [-0.05, 0) is 66.4 Å². The summed E-state index contributed by atoms with van der Waals surface area (Å²) in [5, 5.41) is 0.0983. The van der Waals surface area contributed by atoms with Crippen molar-refractivity contribution in [2.75, 3.05) is 0 Å². The Labute approximate surface area is 710 Å². The zero-order chi connectivity index (χ0) is 74.7. The van der Waals surface area contributed by atoms with Crippen LogP contribution in [0, 0.1) is 64.6 Å². The van der Waals surface area contributed by atoms with E-state index in [9.17, 15) is 38.4 Å². The SMILES string of the molecule is CC(C)(C)C.ClC1=C(Cl)C(Cl)(Cl)C(Cl)=C1Cl.ClC1=CC[C@H]2[C@H]3C=CC(Cl)[C@@]3(Cl)C(Cl)(Cl)[C@@]12Cl.O=C1C2C3C(=O)C4C1C1(Cl)C2(Cl)C(Cl)(Cl)C3(Cl)C41Cl.O=C1C=C(Cl)[C@]2(Cl)[C@H]1[C@@H]1C(=O)C=C(Cl)[C@]1(Cl)C2(Cl)Cl.O=C1C=CC(=O)C2C1C1(Cl)C(Cl)=C(Cl)C2(Cl)C1(Cl)Cl.O=C1C=CC(=O)C=C1. The second-order valence-corrected chi connectivity index (χ2v) is 43.2. The van der Waals surface area contributed by atoms with Gasteiger partial charge in [-0.2, -0.15) is 0 Å². The Kier molecular flexibility index (Phi) is 22.3. The molecule has 98 heavy (non-hydrogen) atoms. The molecule has 0 aliphatic heterocycles. The first-order chi connectivity index (χ1) is 44.2. The molecule has 4 bridgehead atoms. The van der Waals surface area contributed by atoms with Crippen LogP contribution in [0.3, 0.4) is 0 Å². The van der Waals surface area contributed by atoms with Gasteiger partial charge in [0, 0.05) is 21.0 Å². The van der Waals surface area contributed by atoms with Gasteiger partial charge in [0.2, 0.25) is 0 Å². The van der Waals surface area contributed by atoms with Crippen molar-refractivity contribution >= 4 is 394 Å². The van der Waals surface area contributed by atoms with Crippen LogP contribution in [0.5, 0.6) is 0 Å². The maximum atomic E-state index is 12.5. The molecule has 21 atom stereocenters. The van der Waals surface area contributed by atoms with Gasteiger partial charge in [-0.1, -0.05) is 266 Å². The van der Waals surface area contributed by atoms with Crippen LogP contribution < -0.4 is 0 Å². The van der Waals surface area contributed by atoms with Crippen molar-refractivity contribution in [3.63, 3.8) is 0 Å². The average molecular weight is 1950 g/mol. The van der Waals surface area contributed by atoms with Crippen LogP contribution in [-0.4, -0.2) is 122 Å². The fourth-order valence-corrected chi connectivity index (χ4v) is 30.4. The van der Waals surface area contributed by atoms with E-state index in [0.717, 1.165) is 30.7 Å². The predicted molar refractivity (Wildman–Crippen MR) is 407 cm³/mol. The van der Waals surface area contributed by atoms with Gasteiger partial charge in [-0.15, -0.1) is 128 Å². The molecule has 0 spiro atoms. The molecule has 16 aliphatic rings. The van der Waals surface area contributed by atoms with Crippen LogP contribution >= 0.6 is 348 Å². The van der Waals surface area contributed by atoms with Gasteiger partial charge in [-0.3, -0.25) is 38.4 Å². The lowest BCUT2D eigenvalue weighted by Gasteiger charge is -2.58. The molecule has 0 heterocycles. The number of ketones is 8. The van der Waals surface area contributed by atoms with Crippen molar-refractivity contribution in [1.82, 2.24) is 0 Å². The Morgan fingerprint density at radius 1 is 0.357 bits per heavy atom. The molecule has 0 amide bonds. The standard InChI is InChI=1S/3C11H4Cl6O2.C11H8Cl6.C6H4O2.C5Cl6.C5H12/c12-7-1-2-6(19)4-3(5(1)18)9(7,14)11(16,17)10(4,15)8(2,7)13;12-5-1-3(18)7-8-4(19)2-6(13)10(8,15)11(16,17)9(5,7)14;12-7-8(13)10(15)6-4(19)2-1-3(18)5(6)9(7,14)11(10,16)17;12-7-3-1-5-6-2-4-8(13)10(6,15)11(16,17)9(5,7)14;7-5-1-2-6(8)4-3-5;6-1-2(7)4(9)5(10,11)3(1)8;1-5(2,3)4/h1-4H;1-2,7-8H;1-2,5-6H;1,3-7H,2H2;1-4H;;1-4H3/t;7-,8+,9+,10-;;5-,6+,7?,9-,10+;;;/m...1.../s1. The van der Waals surface area contributed by atoms with Crippen molar-refractivity contribution < 1.29 is 38.4 Å². The van der Waals surface area contributed by atoms with Gasteiger partial charge in [0.05, 0.1) is 92.7 Å². The summed E-state index contributed by atoms with van der Waals surface area (Å²) in [5.41, 5.74) is 0.500. The largest absolute Gasteiger partial charge is 0.299 e. The molecule has 38 heteroatoms. The lowest BCUT2D eigenvalue weighted by Crippen LogP contribution is -2.73. The van der Waals surface area contributed by atoms with Crippen LogP contribution in [0.25, 0.3) is 0 Å². The molecule has 534 valence electrons. The van der Waals surface area contributed by atoms with Crippen LogP contribution in [0.4, 0.5) is 0 Å². The molecule has 13 unspecified atom stereocenters. The van der Waals surface area contributed by atoms with Crippen LogP contribution in [0.2, 0.25) is 0 Å². The number of hydrogen-bond donors (Lipinski definition) is 0. The topological polar surface area (TPSA) is 137 Å². The summed E-state index contributed by atoms with van der Waals surface area (Å²) >= 11 is 187. The van der Waals surface area contributed by atoms with Crippen molar-refractivity contribution in [2.45, 2.75) is 110 Å². The number of hydrogen-bond acceptors (Lipinski definition) is 8. The molecule has 0 saturated heterocycles. The van der Waals surface area contributed by atoms with E-state index in [1.165, 1.54) is 24.3 Å². The van der Waals surface area contributed by atoms with Gasteiger partial charge in [0.25, 0.3) is 0 Å².